The molecule has 1 aromatic heterocycles. The van der Waals surface area contributed by atoms with Gasteiger partial charge in [-0.05, 0) is 12.8 Å². The number of carbonyl (C=O) groups excluding carboxylic acids is 3. The summed E-state index contributed by atoms with van der Waals surface area (Å²) in [6.07, 6.45) is 0.799. The van der Waals surface area contributed by atoms with Crippen LogP contribution in [0.2, 0.25) is 0 Å². The van der Waals surface area contributed by atoms with Gasteiger partial charge in [-0.2, -0.15) is 0 Å². The van der Waals surface area contributed by atoms with E-state index in [1.165, 1.54) is 16.2 Å². The number of amides is 2. The topological polar surface area (TPSA) is 147 Å². The number of hydrogen-bond acceptors (Lipinski definition) is 9. The summed E-state index contributed by atoms with van der Waals surface area (Å²) in [5, 5.41) is 15.4. The van der Waals surface area contributed by atoms with Crippen molar-refractivity contribution in [2.75, 3.05) is 39.4 Å². The van der Waals surface area contributed by atoms with E-state index in [0.717, 1.165) is 18.4 Å². The number of aliphatic carboxylic acids is 1. The molecular weight excluding hydrogens is 500 g/mol. The summed E-state index contributed by atoms with van der Waals surface area (Å²) in [6, 6.07) is 7.96. The number of nitrogens with one attached hydrogen (secondary N) is 2. The Morgan fingerprint density at radius 3 is 2.59 bits per heavy atom. The first-order valence-corrected chi connectivity index (χ1v) is 13.1. The molecule has 2 heterocycles. The van der Waals surface area contributed by atoms with Crippen LogP contribution in [0.1, 0.15) is 41.6 Å². The van der Waals surface area contributed by atoms with Gasteiger partial charge in [0.1, 0.15) is 10.7 Å². The van der Waals surface area contributed by atoms with E-state index in [2.05, 4.69) is 15.6 Å². The Kier molecular flexibility index (Phi) is 11.0. The average molecular weight is 533 g/mol. The zero-order chi connectivity index (χ0) is 26.6. The first-order valence-electron chi connectivity index (χ1n) is 12.3. The third-order valence-electron chi connectivity index (χ3n) is 5.58. The quantitative estimate of drug-likeness (QED) is 0.213. The van der Waals surface area contributed by atoms with Crippen molar-refractivity contribution >= 4 is 35.3 Å². The van der Waals surface area contributed by atoms with E-state index < -0.39 is 30.0 Å². The number of carboxylic acids is 1. The highest BCUT2D eigenvalue weighted by atomic mass is 32.1. The third kappa shape index (κ3) is 8.62. The molecular formula is C25H32N4O7S. The van der Waals surface area contributed by atoms with E-state index in [1.54, 1.807) is 0 Å². The number of esters is 1. The molecule has 1 fully saturated rings. The van der Waals surface area contributed by atoms with Gasteiger partial charge in [0, 0.05) is 43.2 Å². The number of rotatable bonds is 12. The zero-order valence-electron chi connectivity index (χ0n) is 20.7. The van der Waals surface area contributed by atoms with Crippen LogP contribution in [0.4, 0.5) is 4.79 Å². The lowest BCUT2D eigenvalue weighted by Gasteiger charge is -2.26. The standard InChI is InChI=1S/C25H32N4O7S/c1-2-3-15-35-16-18(24(33)36-25(34)29-13-11-26-12-14-29)27-22(32)21-19(9-10-20(30)31)37-23(28-21)17-7-5-4-6-8-17/h4-8,18,26H,2-3,9-16H2,1H3,(H,27,32)(H,30,31). The second-order valence-corrected chi connectivity index (χ2v) is 9.51. The van der Waals surface area contributed by atoms with E-state index in [1.807, 2.05) is 37.3 Å². The highest BCUT2D eigenvalue weighted by Gasteiger charge is 2.30. The molecule has 0 spiro atoms. The van der Waals surface area contributed by atoms with E-state index in [9.17, 15) is 19.2 Å². The minimum absolute atomic E-state index is 0.0323. The van der Waals surface area contributed by atoms with E-state index in [4.69, 9.17) is 14.6 Å². The molecule has 1 saturated heterocycles. The highest BCUT2D eigenvalue weighted by Crippen LogP contribution is 2.29. The Balaban J connectivity index is 1.77. The average Bonchev–Trinajstić information content (AvgIpc) is 3.34. The predicted molar refractivity (Wildman–Crippen MR) is 136 cm³/mol. The van der Waals surface area contributed by atoms with Crippen molar-refractivity contribution in [1.82, 2.24) is 20.5 Å². The van der Waals surface area contributed by atoms with Crippen molar-refractivity contribution < 1.29 is 33.8 Å². The molecule has 37 heavy (non-hydrogen) atoms. The number of hydrogen-bond donors (Lipinski definition) is 3. The number of piperazine rings is 1. The summed E-state index contributed by atoms with van der Waals surface area (Å²) in [7, 11) is 0. The van der Waals surface area contributed by atoms with Crippen LogP contribution in [0, 0.1) is 0 Å². The van der Waals surface area contributed by atoms with Gasteiger partial charge in [0.25, 0.3) is 5.91 Å². The van der Waals surface area contributed by atoms with Crippen molar-refractivity contribution in [3.8, 4) is 10.6 Å². The van der Waals surface area contributed by atoms with Crippen molar-refractivity contribution in [2.45, 2.75) is 38.6 Å². The molecule has 1 aromatic carbocycles. The molecule has 1 aliphatic rings. The number of unbranched alkanes of at least 4 members (excludes halogenated alkanes) is 1. The number of carboxylic acid groups (broad SMARTS) is 1. The summed E-state index contributed by atoms with van der Waals surface area (Å²) >= 11 is 1.22. The van der Waals surface area contributed by atoms with Gasteiger partial charge in [0.05, 0.1) is 13.0 Å². The molecule has 200 valence electrons. The fourth-order valence-corrected chi connectivity index (χ4v) is 4.60. The number of carbonyl (C=O) groups is 4. The van der Waals surface area contributed by atoms with Crippen molar-refractivity contribution in [2.24, 2.45) is 0 Å². The Morgan fingerprint density at radius 1 is 1.19 bits per heavy atom. The Bertz CT molecular complexity index is 1070. The summed E-state index contributed by atoms with van der Waals surface area (Å²) in [6.45, 7) is 4.19. The summed E-state index contributed by atoms with van der Waals surface area (Å²) in [5.41, 5.74) is 0.813. The van der Waals surface area contributed by atoms with Crippen LogP contribution in [0.5, 0.6) is 0 Å². The molecule has 1 aliphatic heterocycles. The maximum Gasteiger partial charge on any atom is 0.417 e. The molecule has 2 amide bonds. The second-order valence-electron chi connectivity index (χ2n) is 8.43. The molecule has 2 aromatic rings. The lowest BCUT2D eigenvalue weighted by atomic mass is 10.2. The number of benzene rings is 1. The van der Waals surface area contributed by atoms with Crippen LogP contribution in [-0.2, 0) is 25.5 Å². The van der Waals surface area contributed by atoms with Crippen molar-refractivity contribution in [1.29, 1.82) is 0 Å². The van der Waals surface area contributed by atoms with Crippen LogP contribution >= 0.6 is 11.3 Å². The summed E-state index contributed by atoms with van der Waals surface area (Å²) in [5.74, 6) is -2.60. The number of aryl methyl sites for hydroxylation is 1. The number of thiazole rings is 1. The fourth-order valence-electron chi connectivity index (χ4n) is 3.54. The van der Waals surface area contributed by atoms with Crippen molar-refractivity contribution in [3.63, 3.8) is 0 Å². The third-order valence-corrected chi connectivity index (χ3v) is 6.74. The molecule has 0 saturated carbocycles. The van der Waals surface area contributed by atoms with Gasteiger partial charge in [-0.15, -0.1) is 11.3 Å². The minimum atomic E-state index is -1.24. The first kappa shape index (κ1) is 28.2. The van der Waals surface area contributed by atoms with Gasteiger partial charge in [-0.1, -0.05) is 43.7 Å². The van der Waals surface area contributed by atoms with Gasteiger partial charge < -0.3 is 30.1 Å². The minimum Gasteiger partial charge on any atom is -0.481 e. The summed E-state index contributed by atoms with van der Waals surface area (Å²) in [4.78, 5) is 56.1. The molecule has 0 aliphatic carbocycles. The number of aromatic nitrogens is 1. The lowest BCUT2D eigenvalue weighted by molar-refractivity contribution is -0.142. The molecule has 0 bridgehead atoms. The van der Waals surface area contributed by atoms with Gasteiger partial charge in [0.2, 0.25) is 0 Å². The van der Waals surface area contributed by atoms with Crippen LogP contribution in [0.15, 0.2) is 30.3 Å². The number of nitrogens with zero attached hydrogens (tertiary/aromatic N) is 2. The highest BCUT2D eigenvalue weighted by molar-refractivity contribution is 7.15. The molecule has 0 radical (unpaired) electrons. The lowest BCUT2D eigenvalue weighted by Crippen LogP contribution is -2.50. The molecule has 1 atom stereocenters. The molecule has 1 unspecified atom stereocenters. The fraction of sp³-hybridized carbons (Fsp3) is 0.480. The molecule has 3 rings (SSSR count). The SMILES string of the molecule is CCCCOCC(NC(=O)c1nc(-c2ccccc2)sc1CCC(=O)O)C(=O)OC(=O)N1CCNCC1. The van der Waals surface area contributed by atoms with Gasteiger partial charge in [-0.25, -0.2) is 14.6 Å². The van der Waals surface area contributed by atoms with Crippen LogP contribution in [0.25, 0.3) is 10.6 Å². The second kappa shape index (κ2) is 14.4. The Labute approximate surface area is 219 Å². The normalized spacial score (nSPS) is 14.1. The maximum absolute atomic E-state index is 13.3. The first-order chi connectivity index (χ1) is 17.9. The van der Waals surface area contributed by atoms with Crippen molar-refractivity contribution in [3.05, 3.63) is 40.9 Å². The van der Waals surface area contributed by atoms with E-state index in [-0.39, 0.29) is 25.1 Å². The number of ether oxygens (including phenoxy) is 2. The monoisotopic (exact) mass is 532 g/mol. The molecule has 3 N–H and O–H groups in total. The van der Waals surface area contributed by atoms with E-state index >= 15 is 0 Å². The molecule has 12 heteroatoms. The maximum atomic E-state index is 13.3. The van der Waals surface area contributed by atoms with Gasteiger partial charge in [-0.3, -0.25) is 9.59 Å². The Hall–Kier alpha value is -3.35. The van der Waals surface area contributed by atoms with E-state index in [0.29, 0.717) is 42.7 Å². The van der Waals surface area contributed by atoms with Crippen LogP contribution in [0.3, 0.4) is 0 Å². The summed E-state index contributed by atoms with van der Waals surface area (Å²) < 4.78 is 10.6. The largest absolute Gasteiger partial charge is 0.481 e. The smallest absolute Gasteiger partial charge is 0.417 e. The van der Waals surface area contributed by atoms with Crippen LogP contribution in [-0.4, -0.2) is 84.4 Å². The van der Waals surface area contributed by atoms with Gasteiger partial charge >= 0.3 is 18.0 Å². The predicted octanol–water partition coefficient (Wildman–Crippen LogP) is 2.31. The zero-order valence-corrected chi connectivity index (χ0v) is 21.6. The molecule has 11 nitrogen and oxygen atoms in total. The van der Waals surface area contributed by atoms with Crippen LogP contribution < -0.4 is 10.6 Å². The van der Waals surface area contributed by atoms with Gasteiger partial charge in [0.15, 0.2) is 6.04 Å². The Morgan fingerprint density at radius 2 is 1.92 bits per heavy atom.